The van der Waals surface area contributed by atoms with Gasteiger partial charge >= 0.3 is 0 Å². The number of rotatable bonds is 6. The SMILES string of the molecule is CC(C)CC(O)(Cc1cc(F)ccc1Cl)CC(C)C. The van der Waals surface area contributed by atoms with Crippen molar-refractivity contribution in [3.8, 4) is 0 Å². The van der Waals surface area contributed by atoms with Gasteiger partial charge in [-0.05, 0) is 48.4 Å². The lowest BCUT2D eigenvalue weighted by atomic mass is 9.80. The summed E-state index contributed by atoms with van der Waals surface area (Å²) in [7, 11) is 0. The van der Waals surface area contributed by atoms with Crippen LogP contribution in [0, 0.1) is 17.7 Å². The highest BCUT2D eigenvalue weighted by Crippen LogP contribution is 2.31. The number of hydrogen-bond donors (Lipinski definition) is 1. The van der Waals surface area contributed by atoms with Crippen molar-refractivity contribution in [3.05, 3.63) is 34.6 Å². The third-order valence-electron chi connectivity index (χ3n) is 3.10. The van der Waals surface area contributed by atoms with Crippen molar-refractivity contribution < 1.29 is 9.50 Å². The van der Waals surface area contributed by atoms with Crippen LogP contribution in [0.15, 0.2) is 18.2 Å². The van der Waals surface area contributed by atoms with Crippen LogP contribution in [-0.4, -0.2) is 10.7 Å². The first kappa shape index (κ1) is 16.5. The fourth-order valence-electron chi connectivity index (χ4n) is 2.78. The second kappa shape index (κ2) is 6.71. The molecule has 1 nitrogen and oxygen atoms in total. The lowest BCUT2D eigenvalue weighted by Gasteiger charge is -2.32. The molecule has 108 valence electrons. The Morgan fingerprint density at radius 1 is 1.16 bits per heavy atom. The van der Waals surface area contributed by atoms with E-state index in [9.17, 15) is 9.50 Å². The number of aliphatic hydroxyl groups is 1. The van der Waals surface area contributed by atoms with Crippen molar-refractivity contribution >= 4 is 11.6 Å². The van der Waals surface area contributed by atoms with Crippen LogP contribution < -0.4 is 0 Å². The van der Waals surface area contributed by atoms with E-state index in [2.05, 4.69) is 27.7 Å². The van der Waals surface area contributed by atoms with Crippen LogP contribution in [0.5, 0.6) is 0 Å². The molecule has 1 aromatic carbocycles. The van der Waals surface area contributed by atoms with E-state index in [0.717, 1.165) is 0 Å². The highest BCUT2D eigenvalue weighted by atomic mass is 35.5. The zero-order valence-corrected chi connectivity index (χ0v) is 13.0. The normalized spacial score (nSPS) is 12.5. The van der Waals surface area contributed by atoms with E-state index in [4.69, 9.17) is 11.6 Å². The van der Waals surface area contributed by atoms with Crippen molar-refractivity contribution in [2.45, 2.75) is 52.6 Å². The van der Waals surface area contributed by atoms with Gasteiger partial charge in [0.15, 0.2) is 0 Å². The first-order valence-corrected chi connectivity index (χ1v) is 7.26. The lowest BCUT2D eigenvalue weighted by molar-refractivity contribution is 0.000719. The van der Waals surface area contributed by atoms with Gasteiger partial charge in [-0.15, -0.1) is 0 Å². The Hall–Kier alpha value is -0.600. The zero-order valence-electron chi connectivity index (χ0n) is 12.2. The van der Waals surface area contributed by atoms with E-state index in [0.29, 0.717) is 41.7 Å². The van der Waals surface area contributed by atoms with Gasteiger partial charge in [0, 0.05) is 11.4 Å². The van der Waals surface area contributed by atoms with Crippen LogP contribution in [-0.2, 0) is 6.42 Å². The fourth-order valence-corrected chi connectivity index (χ4v) is 2.97. The maximum absolute atomic E-state index is 13.3. The summed E-state index contributed by atoms with van der Waals surface area (Å²) in [5.41, 5.74) is -0.134. The molecule has 0 aliphatic carbocycles. The molecule has 1 rings (SSSR count). The Labute approximate surface area is 120 Å². The largest absolute Gasteiger partial charge is 0.390 e. The maximum Gasteiger partial charge on any atom is 0.123 e. The molecule has 0 amide bonds. The molecule has 19 heavy (non-hydrogen) atoms. The summed E-state index contributed by atoms with van der Waals surface area (Å²) in [6, 6.07) is 4.32. The molecule has 0 heterocycles. The zero-order chi connectivity index (χ0) is 14.6. The van der Waals surface area contributed by atoms with Gasteiger partial charge in [0.1, 0.15) is 5.82 Å². The molecule has 0 aliphatic rings. The van der Waals surface area contributed by atoms with Crippen LogP contribution in [0.4, 0.5) is 4.39 Å². The summed E-state index contributed by atoms with van der Waals surface area (Å²) < 4.78 is 13.3. The van der Waals surface area contributed by atoms with Crippen molar-refractivity contribution in [1.82, 2.24) is 0 Å². The average molecular weight is 287 g/mol. The molecule has 1 N–H and O–H groups in total. The molecule has 0 spiro atoms. The van der Waals surface area contributed by atoms with Crippen molar-refractivity contribution in [1.29, 1.82) is 0 Å². The maximum atomic E-state index is 13.3. The smallest absolute Gasteiger partial charge is 0.123 e. The van der Waals surface area contributed by atoms with Gasteiger partial charge < -0.3 is 5.11 Å². The monoisotopic (exact) mass is 286 g/mol. The van der Waals surface area contributed by atoms with Crippen LogP contribution in [0.3, 0.4) is 0 Å². The van der Waals surface area contributed by atoms with Gasteiger partial charge in [0.05, 0.1) is 5.60 Å². The minimum atomic E-state index is -0.820. The Bertz CT molecular complexity index is 405. The van der Waals surface area contributed by atoms with Crippen molar-refractivity contribution in [2.75, 3.05) is 0 Å². The van der Waals surface area contributed by atoms with E-state index in [-0.39, 0.29) is 5.82 Å². The van der Waals surface area contributed by atoms with E-state index < -0.39 is 5.60 Å². The average Bonchev–Trinajstić information content (AvgIpc) is 2.20. The summed E-state index contributed by atoms with van der Waals surface area (Å²) in [6.07, 6.45) is 1.79. The first-order valence-electron chi connectivity index (χ1n) is 6.88. The molecule has 0 saturated heterocycles. The van der Waals surface area contributed by atoms with Gasteiger partial charge in [-0.2, -0.15) is 0 Å². The summed E-state index contributed by atoms with van der Waals surface area (Å²) in [5, 5.41) is 11.4. The van der Waals surface area contributed by atoms with Crippen LogP contribution >= 0.6 is 11.6 Å². The summed E-state index contributed by atoms with van der Waals surface area (Å²) in [4.78, 5) is 0. The minimum absolute atomic E-state index is 0.309. The van der Waals surface area contributed by atoms with Gasteiger partial charge in [0.2, 0.25) is 0 Å². The number of benzene rings is 1. The molecule has 1 aromatic rings. The van der Waals surface area contributed by atoms with E-state index in [1.165, 1.54) is 12.1 Å². The molecule has 0 radical (unpaired) electrons. The standard InChI is InChI=1S/C16H24ClFO/c1-11(2)8-16(19,9-12(3)4)10-13-7-14(18)5-6-15(13)17/h5-7,11-12,19H,8-10H2,1-4H3. The Morgan fingerprint density at radius 2 is 1.68 bits per heavy atom. The molecule has 0 unspecified atom stereocenters. The lowest BCUT2D eigenvalue weighted by Crippen LogP contribution is -2.35. The number of halogens is 2. The Morgan fingerprint density at radius 3 is 2.16 bits per heavy atom. The van der Waals surface area contributed by atoms with Crippen LogP contribution in [0.25, 0.3) is 0 Å². The van der Waals surface area contributed by atoms with Crippen molar-refractivity contribution in [3.63, 3.8) is 0 Å². The summed E-state index contributed by atoms with van der Waals surface area (Å²) in [5.74, 6) is 0.461. The molecule has 0 bridgehead atoms. The molecular weight excluding hydrogens is 263 g/mol. The molecule has 0 fully saturated rings. The molecule has 3 heteroatoms. The molecule has 0 saturated carbocycles. The third kappa shape index (κ3) is 5.50. The van der Waals surface area contributed by atoms with Crippen molar-refractivity contribution in [2.24, 2.45) is 11.8 Å². The highest BCUT2D eigenvalue weighted by molar-refractivity contribution is 6.31. The fraction of sp³-hybridized carbons (Fsp3) is 0.625. The molecule has 0 aliphatic heterocycles. The molecule has 0 aromatic heterocycles. The Kier molecular flexibility index (Phi) is 5.82. The predicted octanol–water partition coefficient (Wildman–Crippen LogP) is 4.84. The van der Waals surface area contributed by atoms with E-state index >= 15 is 0 Å². The summed E-state index contributed by atoms with van der Waals surface area (Å²) >= 11 is 6.10. The minimum Gasteiger partial charge on any atom is -0.390 e. The Balaban J connectivity index is 2.96. The van der Waals surface area contributed by atoms with Gasteiger partial charge in [-0.1, -0.05) is 39.3 Å². The predicted molar refractivity (Wildman–Crippen MR) is 79.0 cm³/mol. The topological polar surface area (TPSA) is 20.2 Å². The van der Waals surface area contributed by atoms with E-state index in [1.54, 1.807) is 6.07 Å². The van der Waals surface area contributed by atoms with Crippen LogP contribution in [0.1, 0.15) is 46.1 Å². The number of hydrogen-bond acceptors (Lipinski definition) is 1. The molecule has 0 atom stereocenters. The van der Waals surface area contributed by atoms with Gasteiger partial charge in [-0.3, -0.25) is 0 Å². The second-order valence-corrected chi connectivity index (χ2v) is 6.74. The van der Waals surface area contributed by atoms with Gasteiger partial charge in [-0.25, -0.2) is 4.39 Å². The quantitative estimate of drug-likeness (QED) is 0.793. The highest BCUT2D eigenvalue weighted by Gasteiger charge is 2.30. The summed E-state index contributed by atoms with van der Waals surface area (Å²) in [6.45, 7) is 8.33. The second-order valence-electron chi connectivity index (χ2n) is 6.33. The first-order chi connectivity index (χ1) is 8.72. The van der Waals surface area contributed by atoms with Gasteiger partial charge in [0.25, 0.3) is 0 Å². The van der Waals surface area contributed by atoms with E-state index in [1.807, 2.05) is 0 Å². The molecular formula is C16H24ClFO. The van der Waals surface area contributed by atoms with Crippen LogP contribution in [0.2, 0.25) is 5.02 Å². The third-order valence-corrected chi connectivity index (χ3v) is 3.47.